The topological polar surface area (TPSA) is 131 Å². The third-order valence-electron chi connectivity index (χ3n) is 7.57. The van der Waals surface area contributed by atoms with Gasteiger partial charge in [-0.05, 0) is 60.2 Å². The lowest BCUT2D eigenvalue weighted by Gasteiger charge is -2.26. The van der Waals surface area contributed by atoms with E-state index in [9.17, 15) is 14.4 Å². The van der Waals surface area contributed by atoms with E-state index in [0.717, 1.165) is 36.6 Å². The van der Waals surface area contributed by atoms with Crippen molar-refractivity contribution >= 4 is 40.9 Å². The number of amides is 3. The molecule has 0 spiro atoms. The van der Waals surface area contributed by atoms with Crippen LogP contribution in [0.3, 0.4) is 0 Å². The summed E-state index contributed by atoms with van der Waals surface area (Å²) >= 11 is 0. The molecule has 46 heavy (non-hydrogen) atoms. The maximum absolute atomic E-state index is 13.1. The lowest BCUT2D eigenvalue weighted by Crippen LogP contribution is -2.41. The van der Waals surface area contributed by atoms with E-state index in [4.69, 9.17) is 9.47 Å². The molecule has 3 amide bonds. The highest BCUT2D eigenvalue weighted by atomic mass is 16.5. The zero-order valence-electron chi connectivity index (χ0n) is 26.2. The van der Waals surface area contributed by atoms with Crippen molar-refractivity contribution in [1.82, 2.24) is 19.4 Å². The number of hydrogen-bond donors (Lipinski definition) is 4. The molecule has 240 valence electrons. The quantitative estimate of drug-likeness (QED) is 0.187. The van der Waals surface area contributed by atoms with E-state index in [0.29, 0.717) is 48.1 Å². The van der Waals surface area contributed by atoms with Crippen molar-refractivity contribution in [1.29, 1.82) is 0 Å². The molecule has 2 aromatic heterocycles. The summed E-state index contributed by atoms with van der Waals surface area (Å²) in [5.74, 6) is -0.104. The summed E-state index contributed by atoms with van der Waals surface area (Å²) in [6.45, 7) is 4.41. The monoisotopic (exact) mass is 625 g/mol. The van der Waals surface area contributed by atoms with Crippen LogP contribution in [0.4, 0.5) is 17.1 Å². The first kappa shape index (κ1) is 32.1. The van der Waals surface area contributed by atoms with Gasteiger partial charge in [0.1, 0.15) is 17.1 Å². The number of methoxy groups -OCH3 is 1. The van der Waals surface area contributed by atoms with Crippen LogP contribution in [0, 0.1) is 0 Å². The van der Waals surface area contributed by atoms with Gasteiger partial charge in [-0.25, -0.2) is 0 Å². The third kappa shape index (κ3) is 8.43. The number of aromatic nitrogens is 2. The third-order valence-corrected chi connectivity index (χ3v) is 7.57. The highest BCUT2D eigenvalue weighted by molar-refractivity contribution is 6.07. The Morgan fingerprint density at radius 2 is 1.48 bits per heavy atom. The van der Waals surface area contributed by atoms with Crippen molar-refractivity contribution in [2.45, 2.75) is 0 Å². The van der Waals surface area contributed by atoms with Gasteiger partial charge in [-0.2, -0.15) is 0 Å². The van der Waals surface area contributed by atoms with Gasteiger partial charge in [-0.1, -0.05) is 12.1 Å². The highest BCUT2D eigenvalue weighted by Crippen LogP contribution is 2.19. The Hall–Kier alpha value is -5.33. The number of aryl methyl sites for hydroxylation is 2. The lowest BCUT2D eigenvalue weighted by atomic mass is 10.2. The molecule has 1 aliphatic rings. The Bertz CT molecular complexity index is 1700. The molecule has 12 heteroatoms. The second kappa shape index (κ2) is 15.1. The van der Waals surface area contributed by atoms with Crippen LogP contribution >= 0.6 is 0 Å². The van der Waals surface area contributed by atoms with Crippen LogP contribution in [0.2, 0.25) is 0 Å². The molecule has 1 saturated heterocycles. The number of rotatable bonds is 12. The van der Waals surface area contributed by atoms with Crippen LogP contribution in [0.25, 0.3) is 6.08 Å². The molecule has 4 N–H and O–H groups in total. The number of hydrogen-bond acceptors (Lipinski definition) is 7. The van der Waals surface area contributed by atoms with Crippen LogP contribution in [-0.2, 0) is 18.8 Å². The van der Waals surface area contributed by atoms with Gasteiger partial charge >= 0.3 is 0 Å². The maximum atomic E-state index is 13.1. The Morgan fingerprint density at radius 1 is 0.826 bits per heavy atom. The molecule has 4 aromatic rings. The normalized spacial score (nSPS) is 13.4. The Balaban J connectivity index is 1.12. The number of ether oxygens (including phenoxy) is 2. The first-order valence-corrected chi connectivity index (χ1v) is 15.0. The van der Waals surface area contributed by atoms with Gasteiger partial charge in [0.2, 0.25) is 0 Å². The van der Waals surface area contributed by atoms with Crippen molar-refractivity contribution in [3.63, 3.8) is 0 Å². The predicted molar refractivity (Wildman–Crippen MR) is 178 cm³/mol. The number of carbonyl (C=O) groups excluding carboxylic acids is 3. The summed E-state index contributed by atoms with van der Waals surface area (Å²) in [4.78, 5) is 41.0. The van der Waals surface area contributed by atoms with E-state index in [1.165, 1.54) is 0 Å². The molecule has 12 nitrogen and oxygen atoms in total. The van der Waals surface area contributed by atoms with E-state index < -0.39 is 0 Å². The van der Waals surface area contributed by atoms with Crippen molar-refractivity contribution < 1.29 is 23.9 Å². The number of anilines is 3. The first-order chi connectivity index (χ1) is 22.3. The largest absolute Gasteiger partial charge is 0.497 e. The summed E-state index contributed by atoms with van der Waals surface area (Å²) < 4.78 is 13.9. The average Bonchev–Trinajstić information content (AvgIpc) is 3.62. The Morgan fingerprint density at radius 3 is 2.15 bits per heavy atom. The fourth-order valence-corrected chi connectivity index (χ4v) is 5.06. The van der Waals surface area contributed by atoms with Gasteiger partial charge in [0.25, 0.3) is 17.7 Å². The summed E-state index contributed by atoms with van der Waals surface area (Å²) in [6.07, 6.45) is 7.10. The molecule has 0 aliphatic carbocycles. The molecule has 3 heterocycles. The minimum atomic E-state index is -0.370. The van der Waals surface area contributed by atoms with Gasteiger partial charge in [0.05, 0.1) is 31.7 Å². The van der Waals surface area contributed by atoms with Crippen molar-refractivity contribution in [3.05, 3.63) is 102 Å². The average molecular weight is 626 g/mol. The predicted octanol–water partition coefficient (Wildman–Crippen LogP) is 4.02. The highest BCUT2D eigenvalue weighted by Gasteiger charge is 2.18. The zero-order chi connectivity index (χ0) is 32.5. The Labute approximate surface area is 268 Å². The SMILES string of the molecule is COc1cccc(/C=C/Nc2ccc(C(=O)Nc3cc(C(=O)Nc4cc(C(=O)NCCN5CCOCC5)n(C)c4)n(C)c3)cc2)c1. The van der Waals surface area contributed by atoms with Gasteiger partial charge in [-0.15, -0.1) is 0 Å². The maximum Gasteiger partial charge on any atom is 0.272 e. The molecular formula is C34H39N7O5. The number of benzene rings is 2. The molecule has 0 saturated carbocycles. The molecular weight excluding hydrogens is 586 g/mol. The molecule has 2 aromatic carbocycles. The first-order valence-electron chi connectivity index (χ1n) is 15.0. The fourth-order valence-electron chi connectivity index (χ4n) is 5.06. The number of nitrogens with one attached hydrogen (secondary N) is 4. The number of morpholine rings is 1. The van der Waals surface area contributed by atoms with Crippen molar-refractivity contribution in [3.8, 4) is 5.75 Å². The van der Waals surface area contributed by atoms with Crippen LogP contribution in [0.15, 0.2) is 79.3 Å². The fraction of sp³-hybridized carbons (Fsp3) is 0.265. The Kier molecular flexibility index (Phi) is 10.5. The van der Waals surface area contributed by atoms with E-state index in [2.05, 4.69) is 26.2 Å². The standard InChI is InChI=1S/C34H39N7O5/c1-39-23-28(20-30(39)33(43)36-13-14-41-15-17-46-18-16-41)38-34(44)31-21-27(22-40(31)2)37-32(42)25-7-9-26(10-8-25)35-12-11-24-5-4-6-29(19-24)45-3/h4-12,19-23,35H,13-18H2,1-3H3,(H,36,43)(H,37,42)(H,38,44)/b12-11+. The van der Waals surface area contributed by atoms with E-state index in [-0.39, 0.29) is 17.7 Å². The second-order valence-corrected chi connectivity index (χ2v) is 10.9. The van der Waals surface area contributed by atoms with Gasteiger partial charge in [0, 0.05) is 70.1 Å². The van der Waals surface area contributed by atoms with Gasteiger partial charge in [0.15, 0.2) is 0 Å². The van der Waals surface area contributed by atoms with Crippen LogP contribution in [0.1, 0.15) is 36.9 Å². The smallest absolute Gasteiger partial charge is 0.272 e. The van der Waals surface area contributed by atoms with Gasteiger partial charge < -0.3 is 39.9 Å². The molecule has 0 unspecified atom stereocenters. The molecule has 0 bridgehead atoms. The van der Waals surface area contributed by atoms with Crippen LogP contribution in [0.5, 0.6) is 5.75 Å². The van der Waals surface area contributed by atoms with E-state index in [1.807, 2.05) is 48.7 Å². The van der Waals surface area contributed by atoms with Gasteiger partial charge in [-0.3, -0.25) is 19.3 Å². The molecule has 5 rings (SSSR count). The van der Waals surface area contributed by atoms with Crippen LogP contribution in [-0.4, -0.2) is 78.3 Å². The van der Waals surface area contributed by atoms with Crippen molar-refractivity contribution in [2.24, 2.45) is 14.1 Å². The summed E-state index contributed by atoms with van der Waals surface area (Å²) in [5.41, 5.74) is 4.04. The molecule has 1 fully saturated rings. The molecule has 0 radical (unpaired) electrons. The van der Waals surface area contributed by atoms with E-state index >= 15 is 0 Å². The van der Waals surface area contributed by atoms with E-state index in [1.54, 1.807) is 67.0 Å². The molecule has 1 aliphatic heterocycles. The molecule has 0 atom stereocenters. The number of carbonyl (C=O) groups is 3. The zero-order valence-corrected chi connectivity index (χ0v) is 26.2. The summed E-state index contributed by atoms with van der Waals surface area (Å²) in [5, 5.41) is 11.8. The number of nitrogens with zero attached hydrogens (tertiary/aromatic N) is 3. The summed E-state index contributed by atoms with van der Waals surface area (Å²) in [7, 11) is 5.11. The minimum absolute atomic E-state index is 0.214. The summed E-state index contributed by atoms with van der Waals surface area (Å²) in [6, 6.07) is 18.0. The van der Waals surface area contributed by atoms with Crippen LogP contribution < -0.4 is 26.0 Å². The lowest BCUT2D eigenvalue weighted by molar-refractivity contribution is 0.0383. The second-order valence-electron chi connectivity index (χ2n) is 10.9. The van der Waals surface area contributed by atoms with Crippen molar-refractivity contribution in [2.75, 3.05) is 62.5 Å². The minimum Gasteiger partial charge on any atom is -0.497 e.